The third-order valence-electron chi connectivity index (χ3n) is 6.04. The third kappa shape index (κ3) is 2.76. The van der Waals surface area contributed by atoms with Crippen molar-refractivity contribution in [1.29, 1.82) is 0 Å². The maximum atomic E-state index is 6.35. The second-order valence-electron chi connectivity index (χ2n) is 9.19. The highest BCUT2D eigenvalue weighted by Crippen LogP contribution is 2.39. The molecule has 0 N–H and O–H groups in total. The van der Waals surface area contributed by atoms with E-state index in [1.165, 1.54) is 0 Å². The Morgan fingerprint density at radius 1 is 0.781 bits per heavy atom. The Morgan fingerprint density at radius 2 is 1.53 bits per heavy atom. The van der Waals surface area contributed by atoms with E-state index in [1.807, 2.05) is 48.8 Å². The third-order valence-corrected chi connectivity index (χ3v) is 6.04. The average Bonchev–Trinajstić information content (AvgIpc) is 3.37. The number of hydrogen-bond donors (Lipinski definition) is 0. The first-order valence-electron chi connectivity index (χ1n) is 10.9. The first-order chi connectivity index (χ1) is 15.5. The van der Waals surface area contributed by atoms with Crippen LogP contribution in [0.15, 0.2) is 89.6 Å². The first kappa shape index (κ1) is 18.8. The minimum atomic E-state index is -0.0784. The predicted molar refractivity (Wildman–Crippen MR) is 130 cm³/mol. The van der Waals surface area contributed by atoms with Crippen molar-refractivity contribution in [3.05, 3.63) is 90.8 Å². The van der Waals surface area contributed by atoms with E-state index in [0.29, 0.717) is 0 Å². The lowest BCUT2D eigenvalue weighted by Gasteiger charge is -2.18. The molecule has 4 nitrogen and oxygen atoms in total. The normalized spacial score (nSPS) is 12.2. The molecule has 6 rings (SSSR count). The molecule has 0 unspecified atom stereocenters. The van der Waals surface area contributed by atoms with Crippen molar-refractivity contribution in [2.24, 2.45) is 0 Å². The van der Waals surface area contributed by atoms with Crippen molar-refractivity contribution in [1.82, 2.24) is 14.5 Å². The van der Waals surface area contributed by atoms with Crippen molar-refractivity contribution in [3.8, 4) is 17.1 Å². The molecular weight excluding hydrogens is 394 g/mol. The number of aromatic nitrogens is 3. The quantitative estimate of drug-likeness (QED) is 0.297. The van der Waals surface area contributed by atoms with Crippen LogP contribution in [0.5, 0.6) is 0 Å². The van der Waals surface area contributed by atoms with Gasteiger partial charge in [0.05, 0.1) is 22.8 Å². The number of furan rings is 1. The Kier molecular flexibility index (Phi) is 3.99. The van der Waals surface area contributed by atoms with Gasteiger partial charge in [-0.15, -0.1) is 0 Å². The molecule has 3 heterocycles. The fourth-order valence-electron chi connectivity index (χ4n) is 4.49. The Balaban J connectivity index is 1.75. The fraction of sp³-hybridized carbons (Fsp3) is 0.143. The van der Waals surface area contributed by atoms with E-state index in [4.69, 9.17) is 9.40 Å². The molecule has 32 heavy (non-hydrogen) atoms. The van der Waals surface area contributed by atoms with E-state index in [2.05, 4.69) is 66.7 Å². The number of benzene rings is 3. The summed E-state index contributed by atoms with van der Waals surface area (Å²) < 4.78 is 8.55. The number of nitrogens with zero attached hydrogens (tertiary/aromatic N) is 3. The standard InChI is InChI=1S/C28H23N3O/c1-28(2,3)22-16-29-17-23-25(22)30-27(31(23)18-10-5-4-6-11-18)21-14-9-13-20-19-12-7-8-15-24(19)32-26(20)21/h4-17H,1-3H3. The number of fused-ring (bicyclic) bond motifs is 4. The van der Waals surface area contributed by atoms with Gasteiger partial charge in [0.2, 0.25) is 0 Å². The maximum absolute atomic E-state index is 6.35. The van der Waals surface area contributed by atoms with E-state index >= 15 is 0 Å². The number of pyridine rings is 1. The lowest BCUT2D eigenvalue weighted by atomic mass is 9.87. The summed E-state index contributed by atoms with van der Waals surface area (Å²) in [5.41, 5.74) is 6.77. The Morgan fingerprint density at radius 3 is 2.34 bits per heavy atom. The highest BCUT2D eigenvalue weighted by Gasteiger charge is 2.24. The van der Waals surface area contributed by atoms with Crippen LogP contribution in [0, 0.1) is 0 Å². The molecule has 3 aromatic heterocycles. The van der Waals surface area contributed by atoms with Gasteiger partial charge in [0, 0.05) is 28.2 Å². The van der Waals surface area contributed by atoms with Crippen LogP contribution < -0.4 is 0 Å². The van der Waals surface area contributed by atoms with Gasteiger partial charge < -0.3 is 4.42 Å². The summed E-state index contributed by atoms with van der Waals surface area (Å²) in [6.07, 6.45) is 3.85. The highest BCUT2D eigenvalue weighted by molar-refractivity contribution is 6.09. The lowest BCUT2D eigenvalue weighted by molar-refractivity contribution is 0.592. The average molecular weight is 418 g/mol. The van der Waals surface area contributed by atoms with Gasteiger partial charge in [-0.3, -0.25) is 9.55 Å². The minimum absolute atomic E-state index is 0.0784. The van der Waals surface area contributed by atoms with Crippen LogP contribution in [-0.4, -0.2) is 14.5 Å². The van der Waals surface area contributed by atoms with Gasteiger partial charge in [0.1, 0.15) is 17.0 Å². The molecule has 0 fully saturated rings. The summed E-state index contributed by atoms with van der Waals surface area (Å²) in [5.74, 6) is 0.856. The van der Waals surface area contributed by atoms with Crippen molar-refractivity contribution in [2.45, 2.75) is 26.2 Å². The van der Waals surface area contributed by atoms with E-state index in [9.17, 15) is 0 Å². The number of imidazole rings is 1. The molecule has 4 heteroatoms. The van der Waals surface area contributed by atoms with Crippen LogP contribution in [0.1, 0.15) is 26.3 Å². The summed E-state index contributed by atoms with van der Waals surface area (Å²) in [7, 11) is 0. The van der Waals surface area contributed by atoms with Gasteiger partial charge in [0.15, 0.2) is 0 Å². The molecule has 0 atom stereocenters. The van der Waals surface area contributed by atoms with Gasteiger partial charge in [-0.05, 0) is 29.7 Å². The smallest absolute Gasteiger partial charge is 0.149 e. The largest absolute Gasteiger partial charge is 0.455 e. The second kappa shape index (κ2) is 6.79. The zero-order valence-corrected chi connectivity index (χ0v) is 18.3. The molecular formula is C28H23N3O. The van der Waals surface area contributed by atoms with Crippen molar-refractivity contribution in [3.63, 3.8) is 0 Å². The molecule has 156 valence electrons. The fourth-order valence-corrected chi connectivity index (χ4v) is 4.49. The van der Waals surface area contributed by atoms with Crippen LogP contribution in [-0.2, 0) is 5.41 Å². The predicted octanol–water partition coefficient (Wildman–Crippen LogP) is 7.28. The number of para-hydroxylation sites is 3. The van der Waals surface area contributed by atoms with Crippen molar-refractivity contribution >= 4 is 33.0 Å². The molecule has 0 saturated carbocycles. The zero-order chi connectivity index (χ0) is 21.9. The van der Waals surface area contributed by atoms with Crippen molar-refractivity contribution < 1.29 is 4.42 Å². The monoisotopic (exact) mass is 417 g/mol. The summed E-state index contributed by atoms with van der Waals surface area (Å²) in [4.78, 5) is 9.79. The molecule has 0 spiro atoms. The molecule has 0 saturated heterocycles. The van der Waals surface area contributed by atoms with E-state index in [0.717, 1.165) is 55.6 Å². The molecule has 0 radical (unpaired) electrons. The van der Waals surface area contributed by atoms with Gasteiger partial charge in [-0.25, -0.2) is 4.98 Å². The molecule has 0 amide bonds. The Labute approximate surface area is 186 Å². The van der Waals surface area contributed by atoms with Crippen LogP contribution in [0.3, 0.4) is 0 Å². The van der Waals surface area contributed by atoms with Gasteiger partial charge in [-0.2, -0.15) is 0 Å². The lowest BCUT2D eigenvalue weighted by Crippen LogP contribution is -2.12. The number of rotatable bonds is 2. The molecule has 0 bridgehead atoms. The SMILES string of the molecule is CC(C)(C)c1cncc2c1nc(-c1cccc3c1oc1ccccc13)n2-c1ccccc1. The zero-order valence-electron chi connectivity index (χ0n) is 18.3. The van der Waals surface area contributed by atoms with E-state index in [1.54, 1.807) is 0 Å². The first-order valence-corrected chi connectivity index (χ1v) is 10.9. The van der Waals surface area contributed by atoms with E-state index < -0.39 is 0 Å². The molecule has 6 aromatic rings. The molecule has 0 aliphatic carbocycles. The Hall–Kier alpha value is -3.92. The highest BCUT2D eigenvalue weighted by atomic mass is 16.3. The van der Waals surface area contributed by atoms with Crippen LogP contribution in [0.25, 0.3) is 50.0 Å². The molecule has 3 aromatic carbocycles. The van der Waals surface area contributed by atoms with E-state index in [-0.39, 0.29) is 5.41 Å². The minimum Gasteiger partial charge on any atom is -0.455 e. The topological polar surface area (TPSA) is 43.9 Å². The summed E-state index contributed by atoms with van der Waals surface area (Å²) in [5, 5.41) is 2.21. The van der Waals surface area contributed by atoms with Crippen LogP contribution in [0.4, 0.5) is 0 Å². The second-order valence-corrected chi connectivity index (χ2v) is 9.19. The summed E-state index contributed by atoms with van der Waals surface area (Å²) >= 11 is 0. The Bertz CT molecular complexity index is 1600. The van der Waals surface area contributed by atoms with Gasteiger partial charge in [-0.1, -0.05) is 69.3 Å². The summed E-state index contributed by atoms with van der Waals surface area (Å²) in [6, 6.07) is 24.8. The van der Waals surface area contributed by atoms with Gasteiger partial charge in [0.25, 0.3) is 0 Å². The van der Waals surface area contributed by atoms with Gasteiger partial charge >= 0.3 is 0 Å². The maximum Gasteiger partial charge on any atom is 0.149 e. The van der Waals surface area contributed by atoms with Crippen molar-refractivity contribution in [2.75, 3.05) is 0 Å². The molecule has 0 aliphatic rings. The van der Waals surface area contributed by atoms with Crippen LogP contribution >= 0.6 is 0 Å². The number of hydrogen-bond acceptors (Lipinski definition) is 3. The summed E-state index contributed by atoms with van der Waals surface area (Å²) in [6.45, 7) is 6.60. The van der Waals surface area contributed by atoms with Crippen LogP contribution in [0.2, 0.25) is 0 Å². The molecule has 0 aliphatic heterocycles.